The Hall–Kier alpha value is -0.0800. The van der Waals surface area contributed by atoms with Gasteiger partial charge in [0.15, 0.2) is 0 Å². The molecule has 0 saturated carbocycles. The molecule has 0 amide bonds. The highest BCUT2D eigenvalue weighted by Gasteiger charge is 2.33. The van der Waals surface area contributed by atoms with Crippen LogP contribution in [0.15, 0.2) is 0 Å². The molecule has 0 radical (unpaired) electrons. The fourth-order valence-electron chi connectivity index (χ4n) is 3.04. The maximum absolute atomic E-state index is 3.55. The van der Waals surface area contributed by atoms with Crippen LogP contribution in [0.1, 0.15) is 53.4 Å². The molecule has 0 aliphatic carbocycles. The van der Waals surface area contributed by atoms with Gasteiger partial charge in [-0.15, -0.1) is 0 Å². The summed E-state index contributed by atoms with van der Waals surface area (Å²) in [6.07, 6.45) is 5.33. The number of hydrogen-bond acceptors (Lipinski definition) is 2. The van der Waals surface area contributed by atoms with Crippen molar-refractivity contribution in [1.29, 1.82) is 0 Å². The normalized spacial score (nSPS) is 25.1. The van der Waals surface area contributed by atoms with E-state index in [9.17, 15) is 0 Å². The van der Waals surface area contributed by atoms with E-state index >= 15 is 0 Å². The van der Waals surface area contributed by atoms with Crippen molar-refractivity contribution in [3.8, 4) is 0 Å². The smallest absolute Gasteiger partial charge is 0.00505 e. The SMILES string of the molecule is CCC(CC)CN(CC)CC1(CC)CCNC1. The average molecular weight is 240 g/mol. The van der Waals surface area contributed by atoms with Gasteiger partial charge in [0.2, 0.25) is 0 Å². The summed E-state index contributed by atoms with van der Waals surface area (Å²) in [4.78, 5) is 2.69. The van der Waals surface area contributed by atoms with Crippen molar-refractivity contribution in [2.45, 2.75) is 53.4 Å². The van der Waals surface area contributed by atoms with E-state index in [2.05, 4.69) is 37.9 Å². The fraction of sp³-hybridized carbons (Fsp3) is 1.00. The second-order valence-electron chi connectivity index (χ2n) is 5.79. The van der Waals surface area contributed by atoms with E-state index in [0.717, 1.165) is 5.92 Å². The van der Waals surface area contributed by atoms with E-state index in [-0.39, 0.29) is 0 Å². The Balaban J connectivity index is 2.49. The van der Waals surface area contributed by atoms with Crippen LogP contribution in [0.5, 0.6) is 0 Å². The fourth-order valence-corrected chi connectivity index (χ4v) is 3.04. The molecule has 1 aliphatic rings. The highest BCUT2D eigenvalue weighted by atomic mass is 15.1. The Labute approximate surface area is 108 Å². The summed E-state index contributed by atoms with van der Waals surface area (Å²) in [5, 5.41) is 3.55. The van der Waals surface area contributed by atoms with Crippen molar-refractivity contribution in [2.24, 2.45) is 11.3 Å². The van der Waals surface area contributed by atoms with Crippen LogP contribution in [0.4, 0.5) is 0 Å². The molecule has 1 saturated heterocycles. The Morgan fingerprint density at radius 2 is 1.88 bits per heavy atom. The van der Waals surface area contributed by atoms with Crippen LogP contribution in [0.2, 0.25) is 0 Å². The number of nitrogens with one attached hydrogen (secondary N) is 1. The lowest BCUT2D eigenvalue weighted by Gasteiger charge is -2.35. The molecule has 102 valence electrons. The Bertz CT molecular complexity index is 193. The molecule has 1 aliphatic heterocycles. The standard InChI is InChI=1S/C15H32N2/c1-5-14(6-2)11-17(8-4)13-15(7-3)9-10-16-12-15/h14,16H,5-13H2,1-4H3. The minimum Gasteiger partial charge on any atom is -0.316 e. The lowest BCUT2D eigenvalue weighted by Crippen LogP contribution is -2.41. The summed E-state index contributed by atoms with van der Waals surface area (Å²) in [5.41, 5.74) is 0.558. The maximum Gasteiger partial charge on any atom is 0.00505 e. The molecule has 2 heteroatoms. The van der Waals surface area contributed by atoms with Crippen molar-refractivity contribution in [3.63, 3.8) is 0 Å². The first kappa shape index (κ1) is 15.0. The third-order valence-electron chi connectivity index (χ3n) is 4.76. The predicted molar refractivity (Wildman–Crippen MR) is 76.4 cm³/mol. The van der Waals surface area contributed by atoms with Crippen LogP contribution in [0, 0.1) is 11.3 Å². The van der Waals surface area contributed by atoms with Crippen LogP contribution >= 0.6 is 0 Å². The maximum atomic E-state index is 3.55. The van der Waals surface area contributed by atoms with Gasteiger partial charge in [0.25, 0.3) is 0 Å². The molecule has 0 spiro atoms. The van der Waals surface area contributed by atoms with Crippen LogP contribution in [0.25, 0.3) is 0 Å². The number of nitrogens with zero attached hydrogens (tertiary/aromatic N) is 1. The second-order valence-corrected chi connectivity index (χ2v) is 5.79. The Morgan fingerprint density at radius 1 is 1.18 bits per heavy atom. The molecule has 1 heterocycles. The summed E-state index contributed by atoms with van der Waals surface area (Å²) in [7, 11) is 0. The van der Waals surface area contributed by atoms with E-state index in [1.807, 2.05) is 0 Å². The highest BCUT2D eigenvalue weighted by molar-refractivity contribution is 4.89. The zero-order valence-corrected chi connectivity index (χ0v) is 12.4. The molecule has 1 unspecified atom stereocenters. The summed E-state index contributed by atoms with van der Waals surface area (Å²) in [5.74, 6) is 0.887. The molecule has 17 heavy (non-hydrogen) atoms. The highest BCUT2D eigenvalue weighted by Crippen LogP contribution is 2.30. The van der Waals surface area contributed by atoms with Gasteiger partial charge >= 0.3 is 0 Å². The van der Waals surface area contributed by atoms with Gasteiger partial charge in [-0.1, -0.05) is 40.5 Å². The van der Waals surface area contributed by atoms with E-state index < -0.39 is 0 Å². The molecule has 2 nitrogen and oxygen atoms in total. The molecule has 0 aromatic rings. The van der Waals surface area contributed by atoms with Crippen LogP contribution in [0.3, 0.4) is 0 Å². The summed E-state index contributed by atoms with van der Waals surface area (Å²) in [6, 6.07) is 0. The van der Waals surface area contributed by atoms with Crippen molar-refractivity contribution < 1.29 is 0 Å². The van der Waals surface area contributed by atoms with Gasteiger partial charge in [0, 0.05) is 19.6 Å². The second kappa shape index (κ2) is 7.38. The summed E-state index contributed by atoms with van der Waals surface area (Å²) in [6.45, 7) is 15.6. The minimum atomic E-state index is 0.558. The monoisotopic (exact) mass is 240 g/mol. The molecule has 1 rings (SSSR count). The molecular formula is C15H32N2. The first-order valence-corrected chi connectivity index (χ1v) is 7.62. The van der Waals surface area contributed by atoms with Crippen LogP contribution in [-0.4, -0.2) is 37.6 Å². The molecule has 1 N–H and O–H groups in total. The largest absolute Gasteiger partial charge is 0.316 e. The van der Waals surface area contributed by atoms with Gasteiger partial charge in [-0.25, -0.2) is 0 Å². The van der Waals surface area contributed by atoms with E-state index in [1.165, 1.54) is 58.4 Å². The van der Waals surface area contributed by atoms with Gasteiger partial charge in [-0.3, -0.25) is 0 Å². The topological polar surface area (TPSA) is 15.3 Å². The Morgan fingerprint density at radius 3 is 2.29 bits per heavy atom. The van der Waals surface area contributed by atoms with Crippen LogP contribution in [-0.2, 0) is 0 Å². The third-order valence-corrected chi connectivity index (χ3v) is 4.76. The zero-order chi connectivity index (χ0) is 12.7. The van der Waals surface area contributed by atoms with Crippen LogP contribution < -0.4 is 5.32 Å². The van der Waals surface area contributed by atoms with Crippen molar-refractivity contribution >= 4 is 0 Å². The zero-order valence-electron chi connectivity index (χ0n) is 12.4. The third kappa shape index (κ3) is 4.26. The predicted octanol–water partition coefficient (Wildman–Crippen LogP) is 3.13. The summed E-state index contributed by atoms with van der Waals surface area (Å²) >= 11 is 0. The van der Waals surface area contributed by atoms with Crippen molar-refractivity contribution in [2.75, 3.05) is 32.7 Å². The van der Waals surface area contributed by atoms with Gasteiger partial charge in [0.1, 0.15) is 0 Å². The molecule has 1 fully saturated rings. The van der Waals surface area contributed by atoms with E-state index in [4.69, 9.17) is 0 Å². The molecule has 1 atom stereocenters. The van der Waals surface area contributed by atoms with E-state index in [0.29, 0.717) is 5.41 Å². The molecule has 0 aromatic carbocycles. The average Bonchev–Trinajstić information content (AvgIpc) is 2.83. The Kier molecular flexibility index (Phi) is 6.50. The van der Waals surface area contributed by atoms with E-state index in [1.54, 1.807) is 0 Å². The molecule has 0 bridgehead atoms. The molecule has 0 aromatic heterocycles. The first-order valence-electron chi connectivity index (χ1n) is 7.62. The lowest BCUT2D eigenvalue weighted by atomic mass is 9.83. The first-order chi connectivity index (χ1) is 8.19. The van der Waals surface area contributed by atoms with Crippen molar-refractivity contribution in [3.05, 3.63) is 0 Å². The number of rotatable bonds is 8. The quantitative estimate of drug-likeness (QED) is 0.701. The van der Waals surface area contributed by atoms with Gasteiger partial charge in [-0.2, -0.15) is 0 Å². The van der Waals surface area contributed by atoms with Gasteiger partial charge in [0.05, 0.1) is 0 Å². The summed E-state index contributed by atoms with van der Waals surface area (Å²) < 4.78 is 0. The van der Waals surface area contributed by atoms with Crippen molar-refractivity contribution in [1.82, 2.24) is 10.2 Å². The molecular weight excluding hydrogens is 208 g/mol. The van der Waals surface area contributed by atoms with Gasteiger partial charge in [-0.05, 0) is 37.3 Å². The van der Waals surface area contributed by atoms with Gasteiger partial charge < -0.3 is 10.2 Å². The number of hydrogen-bond donors (Lipinski definition) is 1. The minimum absolute atomic E-state index is 0.558. The lowest BCUT2D eigenvalue weighted by molar-refractivity contribution is 0.142.